The van der Waals surface area contributed by atoms with E-state index in [2.05, 4.69) is 15.4 Å². The molecule has 0 saturated carbocycles. The number of hydrogen-bond donors (Lipinski definition) is 3. The third-order valence-electron chi connectivity index (χ3n) is 4.13. The molecule has 0 bridgehead atoms. The molecule has 0 aliphatic rings. The lowest BCUT2D eigenvalue weighted by Gasteiger charge is -2.10. The van der Waals surface area contributed by atoms with Crippen molar-refractivity contribution in [1.82, 2.24) is 10.0 Å². The van der Waals surface area contributed by atoms with Gasteiger partial charge < -0.3 is 10.6 Å². The Balaban J connectivity index is 1.85. The van der Waals surface area contributed by atoms with Gasteiger partial charge in [-0.3, -0.25) is 9.59 Å². The average molecular weight is 407 g/mol. The third-order valence-corrected chi connectivity index (χ3v) is 5.53. The first-order valence-corrected chi connectivity index (χ1v) is 9.96. The SMILES string of the molecule is Cc1ccc(S(=O)(=O)NCC(=O)NCC(=O)Nc2cc(F)ccc2C)cc1C. The zero-order valence-corrected chi connectivity index (χ0v) is 16.6. The van der Waals surface area contributed by atoms with Gasteiger partial charge in [0.05, 0.1) is 18.0 Å². The summed E-state index contributed by atoms with van der Waals surface area (Å²) in [5.41, 5.74) is 2.74. The first-order chi connectivity index (χ1) is 13.1. The number of anilines is 1. The monoisotopic (exact) mass is 407 g/mol. The van der Waals surface area contributed by atoms with Gasteiger partial charge in [-0.2, -0.15) is 0 Å². The van der Waals surface area contributed by atoms with Gasteiger partial charge >= 0.3 is 0 Å². The maximum absolute atomic E-state index is 13.2. The van der Waals surface area contributed by atoms with Gasteiger partial charge in [0.15, 0.2) is 0 Å². The Labute approximate surface area is 163 Å². The highest BCUT2D eigenvalue weighted by atomic mass is 32.2. The minimum absolute atomic E-state index is 0.0581. The highest BCUT2D eigenvalue weighted by molar-refractivity contribution is 7.89. The normalized spacial score (nSPS) is 11.1. The van der Waals surface area contributed by atoms with E-state index < -0.39 is 34.2 Å². The van der Waals surface area contributed by atoms with Crippen LogP contribution in [-0.2, 0) is 19.6 Å². The predicted molar refractivity (Wildman–Crippen MR) is 104 cm³/mol. The molecule has 0 atom stereocenters. The molecule has 9 heteroatoms. The number of sulfonamides is 1. The average Bonchev–Trinajstić information content (AvgIpc) is 2.63. The molecule has 7 nitrogen and oxygen atoms in total. The summed E-state index contributed by atoms with van der Waals surface area (Å²) in [5, 5.41) is 4.79. The van der Waals surface area contributed by atoms with E-state index in [4.69, 9.17) is 0 Å². The summed E-state index contributed by atoms with van der Waals surface area (Å²) < 4.78 is 39.9. The Kier molecular flexibility index (Phi) is 6.87. The second kappa shape index (κ2) is 8.94. The summed E-state index contributed by atoms with van der Waals surface area (Å²) in [6.07, 6.45) is 0. The van der Waals surface area contributed by atoms with Crippen LogP contribution in [0.5, 0.6) is 0 Å². The maximum Gasteiger partial charge on any atom is 0.243 e. The maximum atomic E-state index is 13.2. The van der Waals surface area contributed by atoms with E-state index in [-0.39, 0.29) is 11.4 Å². The fourth-order valence-electron chi connectivity index (χ4n) is 2.29. The van der Waals surface area contributed by atoms with Crippen LogP contribution in [0.15, 0.2) is 41.3 Å². The number of halogens is 1. The van der Waals surface area contributed by atoms with Crippen LogP contribution in [0, 0.1) is 26.6 Å². The van der Waals surface area contributed by atoms with Crippen LogP contribution in [0.4, 0.5) is 10.1 Å². The Hall–Kier alpha value is -2.78. The number of hydrogen-bond acceptors (Lipinski definition) is 4. The van der Waals surface area contributed by atoms with Gasteiger partial charge in [-0.1, -0.05) is 12.1 Å². The number of amides is 2. The molecule has 0 radical (unpaired) electrons. The van der Waals surface area contributed by atoms with Crippen LogP contribution in [0.1, 0.15) is 16.7 Å². The van der Waals surface area contributed by atoms with Crippen molar-refractivity contribution in [3.05, 3.63) is 58.9 Å². The molecule has 0 spiro atoms. The molecule has 0 heterocycles. The van der Waals surface area contributed by atoms with Crippen LogP contribution in [0.25, 0.3) is 0 Å². The van der Waals surface area contributed by atoms with E-state index in [1.807, 2.05) is 6.92 Å². The number of benzene rings is 2. The summed E-state index contributed by atoms with van der Waals surface area (Å²) >= 11 is 0. The van der Waals surface area contributed by atoms with E-state index in [1.165, 1.54) is 30.3 Å². The van der Waals surface area contributed by atoms with Gasteiger partial charge in [0.2, 0.25) is 21.8 Å². The minimum atomic E-state index is -3.85. The molecule has 3 N–H and O–H groups in total. The zero-order valence-electron chi connectivity index (χ0n) is 15.8. The topological polar surface area (TPSA) is 104 Å². The molecule has 0 fully saturated rings. The fraction of sp³-hybridized carbons (Fsp3) is 0.263. The Bertz CT molecular complexity index is 1010. The van der Waals surface area contributed by atoms with E-state index in [1.54, 1.807) is 19.9 Å². The molecular weight excluding hydrogens is 385 g/mol. The molecule has 150 valence electrons. The quantitative estimate of drug-likeness (QED) is 0.651. The third kappa shape index (κ3) is 5.86. The van der Waals surface area contributed by atoms with Gasteiger partial charge in [0.1, 0.15) is 5.82 Å². The van der Waals surface area contributed by atoms with Crippen molar-refractivity contribution in [1.29, 1.82) is 0 Å². The molecule has 2 aromatic carbocycles. The molecular formula is C19H22FN3O4S. The highest BCUT2D eigenvalue weighted by Gasteiger charge is 2.16. The van der Waals surface area contributed by atoms with E-state index in [0.717, 1.165) is 11.1 Å². The Morgan fingerprint density at radius 2 is 1.57 bits per heavy atom. The molecule has 0 saturated heterocycles. The lowest BCUT2D eigenvalue weighted by molar-refractivity contribution is -0.123. The number of carbonyl (C=O) groups is 2. The van der Waals surface area contributed by atoms with Crippen LogP contribution in [0.2, 0.25) is 0 Å². The van der Waals surface area contributed by atoms with Gasteiger partial charge in [0.25, 0.3) is 0 Å². The fourth-order valence-corrected chi connectivity index (χ4v) is 3.36. The minimum Gasteiger partial charge on any atom is -0.346 e. The standard InChI is InChI=1S/C19H22FN3O4S/c1-12-5-7-16(8-14(12)3)28(26,27)22-11-18(24)21-10-19(25)23-17-9-15(20)6-4-13(17)2/h4-9,22H,10-11H2,1-3H3,(H,21,24)(H,23,25). The van der Waals surface area contributed by atoms with Gasteiger partial charge in [-0.15, -0.1) is 0 Å². The van der Waals surface area contributed by atoms with Crippen LogP contribution >= 0.6 is 0 Å². The largest absolute Gasteiger partial charge is 0.346 e. The summed E-state index contributed by atoms with van der Waals surface area (Å²) in [7, 11) is -3.85. The van der Waals surface area contributed by atoms with Crippen LogP contribution in [0.3, 0.4) is 0 Å². The number of aryl methyl sites for hydroxylation is 3. The van der Waals surface area contributed by atoms with E-state index in [9.17, 15) is 22.4 Å². The lowest BCUT2D eigenvalue weighted by Crippen LogP contribution is -2.40. The predicted octanol–water partition coefficient (Wildman–Crippen LogP) is 1.78. The first-order valence-electron chi connectivity index (χ1n) is 8.48. The summed E-state index contributed by atoms with van der Waals surface area (Å²) in [6.45, 7) is 4.47. The number of rotatable bonds is 7. The second-order valence-corrected chi connectivity index (χ2v) is 8.12. The highest BCUT2D eigenvalue weighted by Crippen LogP contribution is 2.16. The number of nitrogens with one attached hydrogen (secondary N) is 3. The van der Waals surface area contributed by atoms with E-state index >= 15 is 0 Å². The van der Waals surface area contributed by atoms with Gasteiger partial charge in [-0.25, -0.2) is 17.5 Å². The second-order valence-electron chi connectivity index (χ2n) is 6.35. The number of carbonyl (C=O) groups excluding carboxylic acids is 2. The Morgan fingerprint density at radius 3 is 2.25 bits per heavy atom. The van der Waals surface area contributed by atoms with E-state index in [0.29, 0.717) is 11.3 Å². The Morgan fingerprint density at radius 1 is 0.893 bits per heavy atom. The molecule has 2 rings (SSSR count). The summed E-state index contributed by atoms with van der Waals surface area (Å²) in [5.74, 6) is -1.72. The van der Waals surface area contributed by atoms with Crippen molar-refractivity contribution in [3.63, 3.8) is 0 Å². The van der Waals surface area contributed by atoms with Crippen LogP contribution < -0.4 is 15.4 Å². The van der Waals surface area contributed by atoms with Crippen molar-refractivity contribution in [2.75, 3.05) is 18.4 Å². The van der Waals surface area contributed by atoms with Crippen LogP contribution in [-0.4, -0.2) is 33.3 Å². The first kappa shape index (κ1) is 21.5. The molecule has 0 aliphatic heterocycles. The lowest BCUT2D eigenvalue weighted by atomic mass is 10.1. The molecule has 0 aliphatic carbocycles. The zero-order chi connectivity index (χ0) is 20.9. The summed E-state index contributed by atoms with van der Waals surface area (Å²) in [4.78, 5) is 23.8. The smallest absolute Gasteiger partial charge is 0.243 e. The van der Waals surface area contributed by atoms with Crippen molar-refractivity contribution < 1.29 is 22.4 Å². The van der Waals surface area contributed by atoms with Gasteiger partial charge in [-0.05, 0) is 61.7 Å². The molecule has 0 aromatic heterocycles. The van der Waals surface area contributed by atoms with Crippen molar-refractivity contribution in [2.24, 2.45) is 0 Å². The van der Waals surface area contributed by atoms with Crippen molar-refractivity contribution in [2.45, 2.75) is 25.7 Å². The molecule has 2 amide bonds. The van der Waals surface area contributed by atoms with Crippen molar-refractivity contribution in [3.8, 4) is 0 Å². The van der Waals surface area contributed by atoms with Gasteiger partial charge in [0, 0.05) is 5.69 Å². The van der Waals surface area contributed by atoms with Crippen molar-refractivity contribution >= 4 is 27.5 Å². The summed E-state index contributed by atoms with van der Waals surface area (Å²) in [6, 6.07) is 8.62. The molecule has 0 unspecified atom stereocenters. The molecule has 28 heavy (non-hydrogen) atoms. The molecule has 2 aromatic rings.